The van der Waals surface area contributed by atoms with Crippen molar-refractivity contribution in [2.24, 2.45) is 0 Å². The molecule has 6 nitrogen and oxygen atoms in total. The first-order chi connectivity index (χ1) is 11.6. The Morgan fingerprint density at radius 3 is 2.71 bits per heavy atom. The van der Waals surface area contributed by atoms with E-state index in [0.717, 1.165) is 35.1 Å². The summed E-state index contributed by atoms with van der Waals surface area (Å²) in [6.07, 6.45) is 0.293. The van der Waals surface area contributed by atoms with Gasteiger partial charge in [0.05, 0.1) is 22.8 Å². The average Bonchev–Trinajstić information content (AvgIpc) is 3.11. The third-order valence-corrected chi connectivity index (χ3v) is 4.90. The molecule has 1 aliphatic rings. The number of carbonyl (C=O) groups excluding carboxylic acids is 2. The highest BCUT2D eigenvalue weighted by Crippen LogP contribution is 2.23. The third kappa shape index (κ3) is 3.46. The number of carbonyl (C=O) groups is 2. The number of amides is 2. The third-order valence-electron chi connectivity index (χ3n) is 4.01. The fraction of sp³-hybridized carbons (Fsp3) is 0.353. The summed E-state index contributed by atoms with van der Waals surface area (Å²) in [5.74, 6) is 0.709. The number of anilines is 1. The van der Waals surface area contributed by atoms with Crippen molar-refractivity contribution in [1.82, 2.24) is 14.7 Å². The predicted molar refractivity (Wildman–Crippen MR) is 95.7 cm³/mol. The highest BCUT2D eigenvalue weighted by molar-refractivity contribution is 8.13. The van der Waals surface area contributed by atoms with E-state index in [4.69, 9.17) is 0 Å². The first-order valence-electron chi connectivity index (χ1n) is 7.89. The first-order valence-corrected chi connectivity index (χ1v) is 8.88. The Bertz CT molecular complexity index is 757. The van der Waals surface area contributed by atoms with E-state index in [1.165, 1.54) is 11.8 Å². The second-order valence-corrected chi connectivity index (χ2v) is 6.74. The molecule has 2 aromatic rings. The van der Waals surface area contributed by atoms with Crippen LogP contribution in [-0.2, 0) is 4.79 Å². The Kier molecular flexibility index (Phi) is 4.89. The maximum atomic E-state index is 12.2. The zero-order valence-electron chi connectivity index (χ0n) is 13.8. The van der Waals surface area contributed by atoms with Gasteiger partial charge >= 0.3 is 0 Å². The van der Waals surface area contributed by atoms with Gasteiger partial charge in [-0.2, -0.15) is 5.10 Å². The van der Waals surface area contributed by atoms with E-state index in [0.29, 0.717) is 13.0 Å². The molecule has 1 aliphatic heterocycles. The Labute approximate surface area is 145 Å². The molecular weight excluding hydrogens is 324 g/mol. The molecular formula is C17H20N4O2S. The maximum Gasteiger partial charge on any atom is 0.281 e. The predicted octanol–water partition coefficient (Wildman–Crippen LogP) is 2.99. The lowest BCUT2D eigenvalue weighted by Gasteiger charge is -2.14. The molecule has 126 valence electrons. The number of aromatic nitrogens is 2. The minimum Gasteiger partial charge on any atom is -0.332 e. The number of hydrogen-bond donors (Lipinski definition) is 1. The molecule has 0 saturated carbocycles. The van der Waals surface area contributed by atoms with E-state index in [1.807, 2.05) is 48.9 Å². The molecule has 0 spiro atoms. The second kappa shape index (κ2) is 7.09. The lowest BCUT2D eigenvalue weighted by atomic mass is 10.2. The molecule has 0 unspecified atom stereocenters. The van der Waals surface area contributed by atoms with Crippen LogP contribution in [-0.4, -0.2) is 44.7 Å². The van der Waals surface area contributed by atoms with E-state index in [9.17, 15) is 9.59 Å². The number of rotatable bonds is 5. The minimum absolute atomic E-state index is 0.0621. The first kappa shape index (κ1) is 16.6. The van der Waals surface area contributed by atoms with Crippen LogP contribution in [0.1, 0.15) is 17.8 Å². The van der Waals surface area contributed by atoms with Gasteiger partial charge in [-0.1, -0.05) is 30.0 Å². The number of thioether (sulfide) groups is 1. The Morgan fingerprint density at radius 2 is 2.04 bits per heavy atom. The molecule has 7 heteroatoms. The zero-order chi connectivity index (χ0) is 17.1. The van der Waals surface area contributed by atoms with Gasteiger partial charge in [0.25, 0.3) is 5.24 Å². The fourth-order valence-electron chi connectivity index (χ4n) is 2.71. The van der Waals surface area contributed by atoms with E-state index in [2.05, 4.69) is 10.4 Å². The van der Waals surface area contributed by atoms with E-state index in [1.54, 1.807) is 4.90 Å². The summed E-state index contributed by atoms with van der Waals surface area (Å²) in [5, 5.41) is 7.52. The molecule has 24 heavy (non-hydrogen) atoms. The second-order valence-electron chi connectivity index (χ2n) is 5.69. The van der Waals surface area contributed by atoms with Crippen molar-refractivity contribution in [3.8, 4) is 5.69 Å². The highest BCUT2D eigenvalue weighted by Gasteiger charge is 2.22. The summed E-state index contributed by atoms with van der Waals surface area (Å²) in [5.41, 5.74) is 3.36. The SMILES string of the molecule is Cc1nn(-c2ccccc2)c(C)c1NC(=O)CCN1CCSC1=O. The van der Waals surface area contributed by atoms with Crippen LogP contribution in [0.25, 0.3) is 5.69 Å². The van der Waals surface area contributed by atoms with Gasteiger partial charge in [-0.3, -0.25) is 9.59 Å². The number of aryl methyl sites for hydroxylation is 1. The van der Waals surface area contributed by atoms with E-state index >= 15 is 0 Å². The number of benzene rings is 1. The molecule has 1 N–H and O–H groups in total. The lowest BCUT2D eigenvalue weighted by Crippen LogP contribution is -2.27. The van der Waals surface area contributed by atoms with Crippen molar-refractivity contribution in [1.29, 1.82) is 0 Å². The van der Waals surface area contributed by atoms with Crippen LogP contribution in [0.3, 0.4) is 0 Å². The van der Waals surface area contributed by atoms with Gasteiger partial charge in [0.1, 0.15) is 0 Å². The van der Waals surface area contributed by atoms with Crippen molar-refractivity contribution in [2.45, 2.75) is 20.3 Å². The summed E-state index contributed by atoms with van der Waals surface area (Å²) in [6.45, 7) is 5.00. The summed E-state index contributed by atoms with van der Waals surface area (Å²) >= 11 is 1.31. The quantitative estimate of drug-likeness (QED) is 0.905. The van der Waals surface area contributed by atoms with Gasteiger partial charge in [0, 0.05) is 25.3 Å². The maximum absolute atomic E-state index is 12.2. The monoisotopic (exact) mass is 344 g/mol. The fourth-order valence-corrected chi connectivity index (χ4v) is 3.56. The smallest absolute Gasteiger partial charge is 0.281 e. The number of nitrogens with zero attached hydrogens (tertiary/aromatic N) is 3. The lowest BCUT2D eigenvalue weighted by molar-refractivity contribution is -0.116. The number of hydrogen-bond acceptors (Lipinski definition) is 4. The Morgan fingerprint density at radius 1 is 1.29 bits per heavy atom. The average molecular weight is 344 g/mol. The molecule has 2 amide bonds. The molecule has 2 heterocycles. The van der Waals surface area contributed by atoms with Crippen molar-refractivity contribution < 1.29 is 9.59 Å². The van der Waals surface area contributed by atoms with Crippen molar-refractivity contribution in [3.05, 3.63) is 41.7 Å². The highest BCUT2D eigenvalue weighted by atomic mass is 32.2. The minimum atomic E-state index is -0.0986. The van der Waals surface area contributed by atoms with Crippen LogP contribution in [0.5, 0.6) is 0 Å². The Hall–Kier alpha value is -2.28. The topological polar surface area (TPSA) is 67.2 Å². The molecule has 1 saturated heterocycles. The molecule has 0 atom stereocenters. The molecule has 1 fully saturated rings. The van der Waals surface area contributed by atoms with Gasteiger partial charge in [0.15, 0.2) is 0 Å². The van der Waals surface area contributed by atoms with Gasteiger partial charge in [0.2, 0.25) is 5.91 Å². The molecule has 1 aromatic carbocycles. The van der Waals surface area contributed by atoms with Crippen molar-refractivity contribution >= 4 is 28.6 Å². The van der Waals surface area contributed by atoms with Gasteiger partial charge in [-0.25, -0.2) is 4.68 Å². The summed E-state index contributed by atoms with van der Waals surface area (Å²) in [4.78, 5) is 25.5. The van der Waals surface area contributed by atoms with Gasteiger partial charge in [-0.05, 0) is 26.0 Å². The molecule has 1 aromatic heterocycles. The molecule has 0 radical (unpaired) electrons. The van der Waals surface area contributed by atoms with Crippen LogP contribution in [0.4, 0.5) is 10.5 Å². The van der Waals surface area contributed by atoms with Crippen LogP contribution < -0.4 is 5.32 Å². The van der Waals surface area contributed by atoms with Crippen LogP contribution >= 0.6 is 11.8 Å². The van der Waals surface area contributed by atoms with Crippen molar-refractivity contribution in [2.75, 3.05) is 24.2 Å². The Balaban J connectivity index is 1.68. The summed E-state index contributed by atoms with van der Waals surface area (Å²) in [6, 6.07) is 9.81. The normalized spacial score (nSPS) is 14.2. The largest absolute Gasteiger partial charge is 0.332 e. The van der Waals surface area contributed by atoms with E-state index < -0.39 is 0 Å². The summed E-state index contributed by atoms with van der Waals surface area (Å²) in [7, 11) is 0. The summed E-state index contributed by atoms with van der Waals surface area (Å²) < 4.78 is 1.82. The standard InChI is InChI=1S/C17H20N4O2S/c1-12-16(13(2)21(19-12)14-6-4-3-5-7-14)18-15(22)8-9-20-10-11-24-17(20)23/h3-7H,8-11H2,1-2H3,(H,18,22). The van der Waals surface area contributed by atoms with Crippen LogP contribution in [0, 0.1) is 13.8 Å². The van der Waals surface area contributed by atoms with E-state index in [-0.39, 0.29) is 11.1 Å². The van der Waals surface area contributed by atoms with Gasteiger partial charge < -0.3 is 10.2 Å². The van der Waals surface area contributed by atoms with Gasteiger partial charge in [-0.15, -0.1) is 0 Å². The molecule has 3 rings (SSSR count). The number of nitrogens with one attached hydrogen (secondary N) is 1. The molecule has 0 aliphatic carbocycles. The molecule has 0 bridgehead atoms. The van der Waals surface area contributed by atoms with Crippen LogP contribution in [0.15, 0.2) is 30.3 Å². The van der Waals surface area contributed by atoms with Crippen molar-refractivity contribution in [3.63, 3.8) is 0 Å². The van der Waals surface area contributed by atoms with Crippen LogP contribution in [0.2, 0.25) is 0 Å². The zero-order valence-corrected chi connectivity index (χ0v) is 14.6. The number of para-hydroxylation sites is 1.